The minimum atomic E-state index is -3.65. The molecule has 2 aromatic rings. The molecule has 0 bridgehead atoms. The van der Waals surface area contributed by atoms with Crippen molar-refractivity contribution in [1.29, 1.82) is 0 Å². The highest BCUT2D eigenvalue weighted by atomic mass is 32.2. The van der Waals surface area contributed by atoms with Crippen LogP contribution in [0.15, 0.2) is 57.8 Å². The molecule has 0 aliphatic carbocycles. The molecule has 2 aromatic carbocycles. The summed E-state index contributed by atoms with van der Waals surface area (Å²) in [5.41, 5.74) is 3.41. The van der Waals surface area contributed by atoms with Crippen LogP contribution in [0.5, 0.6) is 0 Å². The van der Waals surface area contributed by atoms with Crippen LogP contribution < -0.4 is 0 Å². The lowest BCUT2D eigenvalue weighted by molar-refractivity contribution is 0.598. The number of hydrogen-bond donors (Lipinski definition) is 0. The van der Waals surface area contributed by atoms with E-state index in [0.29, 0.717) is 5.71 Å². The van der Waals surface area contributed by atoms with Crippen LogP contribution in [0.3, 0.4) is 0 Å². The van der Waals surface area contributed by atoms with Crippen molar-refractivity contribution in [2.75, 3.05) is 0 Å². The van der Waals surface area contributed by atoms with Gasteiger partial charge in [0, 0.05) is 0 Å². The van der Waals surface area contributed by atoms with Gasteiger partial charge in [0.2, 0.25) is 0 Å². The maximum absolute atomic E-state index is 12.2. The van der Waals surface area contributed by atoms with Crippen molar-refractivity contribution in [1.82, 2.24) is 0 Å². The SMILES string of the molecule is CC(=NS(=O)(=O)c1ccc(C)cc1)c1cccc(C)c1. The van der Waals surface area contributed by atoms with Crippen LogP contribution in [-0.4, -0.2) is 14.1 Å². The van der Waals surface area contributed by atoms with E-state index in [1.165, 1.54) is 0 Å². The number of sulfonamides is 1. The van der Waals surface area contributed by atoms with Crippen molar-refractivity contribution in [2.45, 2.75) is 25.7 Å². The fraction of sp³-hybridized carbons (Fsp3) is 0.188. The first-order valence-corrected chi connectivity index (χ1v) is 7.78. The first kappa shape index (κ1) is 14.5. The Morgan fingerprint density at radius 2 is 1.60 bits per heavy atom. The van der Waals surface area contributed by atoms with E-state index in [9.17, 15) is 8.42 Å². The number of aryl methyl sites for hydroxylation is 2. The van der Waals surface area contributed by atoms with Gasteiger partial charge >= 0.3 is 0 Å². The molecule has 104 valence electrons. The first-order valence-electron chi connectivity index (χ1n) is 6.34. The summed E-state index contributed by atoms with van der Waals surface area (Å²) in [4.78, 5) is 0.218. The highest BCUT2D eigenvalue weighted by Gasteiger charge is 2.13. The van der Waals surface area contributed by atoms with Crippen molar-refractivity contribution >= 4 is 15.7 Å². The Labute approximate surface area is 120 Å². The van der Waals surface area contributed by atoms with Crippen LogP contribution in [0, 0.1) is 13.8 Å². The summed E-state index contributed by atoms with van der Waals surface area (Å²) in [6.45, 7) is 5.59. The van der Waals surface area contributed by atoms with Gasteiger partial charge in [0.05, 0.1) is 10.6 Å². The zero-order valence-electron chi connectivity index (χ0n) is 11.8. The van der Waals surface area contributed by atoms with E-state index >= 15 is 0 Å². The Kier molecular flexibility index (Phi) is 4.04. The van der Waals surface area contributed by atoms with E-state index in [1.54, 1.807) is 31.2 Å². The van der Waals surface area contributed by atoms with E-state index in [4.69, 9.17) is 0 Å². The summed E-state index contributed by atoms with van der Waals surface area (Å²) in [6, 6.07) is 14.3. The normalized spacial score (nSPS) is 12.4. The Morgan fingerprint density at radius 3 is 2.20 bits per heavy atom. The third-order valence-electron chi connectivity index (χ3n) is 3.01. The zero-order valence-corrected chi connectivity index (χ0v) is 12.6. The Bertz CT molecular complexity index is 744. The number of rotatable bonds is 3. The second-order valence-electron chi connectivity index (χ2n) is 4.83. The van der Waals surface area contributed by atoms with Crippen LogP contribution in [0.25, 0.3) is 0 Å². The fourth-order valence-corrected chi connectivity index (χ4v) is 2.92. The van der Waals surface area contributed by atoms with Crippen molar-refractivity contribution in [3.05, 3.63) is 65.2 Å². The van der Waals surface area contributed by atoms with E-state index in [-0.39, 0.29) is 4.90 Å². The molecule has 0 N–H and O–H groups in total. The zero-order chi connectivity index (χ0) is 14.8. The molecule has 0 saturated heterocycles. The number of nitrogens with zero attached hydrogens (tertiary/aromatic N) is 1. The van der Waals surface area contributed by atoms with E-state index in [0.717, 1.165) is 16.7 Å². The van der Waals surface area contributed by atoms with Crippen molar-refractivity contribution < 1.29 is 8.42 Å². The minimum Gasteiger partial charge on any atom is -0.199 e. The minimum absolute atomic E-state index is 0.218. The summed E-state index contributed by atoms with van der Waals surface area (Å²) < 4.78 is 28.4. The number of benzene rings is 2. The van der Waals surface area contributed by atoms with Crippen molar-refractivity contribution in [2.24, 2.45) is 4.40 Å². The van der Waals surface area contributed by atoms with Gasteiger partial charge in [0.15, 0.2) is 0 Å². The third-order valence-corrected chi connectivity index (χ3v) is 4.39. The van der Waals surface area contributed by atoms with Crippen LogP contribution in [-0.2, 0) is 10.0 Å². The molecule has 3 nitrogen and oxygen atoms in total. The molecule has 4 heteroatoms. The standard InChI is InChI=1S/C16H17NO2S/c1-12-7-9-16(10-8-12)20(18,19)17-14(3)15-6-4-5-13(2)11-15/h4-11H,1-3H3. The third kappa shape index (κ3) is 3.33. The van der Waals surface area contributed by atoms with Gasteiger partial charge in [-0.15, -0.1) is 0 Å². The summed E-state index contributed by atoms with van der Waals surface area (Å²) >= 11 is 0. The average Bonchev–Trinajstić information content (AvgIpc) is 2.38. The average molecular weight is 287 g/mol. The summed E-state index contributed by atoms with van der Waals surface area (Å²) in [7, 11) is -3.65. The molecule has 0 unspecified atom stereocenters. The summed E-state index contributed by atoms with van der Waals surface area (Å²) in [5, 5.41) is 0. The number of hydrogen-bond acceptors (Lipinski definition) is 2. The van der Waals surface area contributed by atoms with E-state index in [2.05, 4.69) is 4.40 Å². The lowest BCUT2D eigenvalue weighted by Crippen LogP contribution is -2.03. The van der Waals surface area contributed by atoms with Gasteiger partial charge in [0.1, 0.15) is 0 Å². The van der Waals surface area contributed by atoms with Crippen LogP contribution in [0.4, 0.5) is 0 Å². The lowest BCUT2D eigenvalue weighted by atomic mass is 10.1. The Balaban J connectivity index is 2.40. The molecule has 0 fully saturated rings. The molecule has 0 spiro atoms. The molecule has 0 aliphatic rings. The quantitative estimate of drug-likeness (QED) is 0.811. The first-order chi connectivity index (χ1) is 9.38. The van der Waals surface area contributed by atoms with Gasteiger partial charge in [-0.2, -0.15) is 12.8 Å². The van der Waals surface area contributed by atoms with Crippen LogP contribution in [0.2, 0.25) is 0 Å². The van der Waals surface area contributed by atoms with Crippen LogP contribution >= 0.6 is 0 Å². The molecule has 0 saturated carbocycles. The second kappa shape index (κ2) is 5.59. The molecule has 0 radical (unpaired) electrons. The molecule has 0 heterocycles. The van der Waals surface area contributed by atoms with Gasteiger partial charge in [0.25, 0.3) is 10.0 Å². The Hall–Kier alpha value is -1.94. The van der Waals surface area contributed by atoms with Crippen molar-refractivity contribution in [3.8, 4) is 0 Å². The molecule has 0 aliphatic heterocycles. The lowest BCUT2D eigenvalue weighted by Gasteiger charge is -2.04. The highest BCUT2D eigenvalue weighted by molar-refractivity contribution is 7.90. The predicted molar refractivity (Wildman–Crippen MR) is 81.8 cm³/mol. The second-order valence-corrected chi connectivity index (χ2v) is 6.44. The molecular formula is C16H17NO2S. The largest absolute Gasteiger partial charge is 0.282 e. The molecule has 0 amide bonds. The highest BCUT2D eigenvalue weighted by Crippen LogP contribution is 2.15. The van der Waals surface area contributed by atoms with E-state index < -0.39 is 10.0 Å². The smallest absolute Gasteiger partial charge is 0.199 e. The fourth-order valence-electron chi connectivity index (χ4n) is 1.87. The maximum atomic E-state index is 12.2. The predicted octanol–water partition coefficient (Wildman–Crippen LogP) is 3.50. The monoisotopic (exact) mass is 287 g/mol. The van der Waals surface area contributed by atoms with E-state index in [1.807, 2.05) is 38.1 Å². The van der Waals surface area contributed by atoms with Crippen molar-refractivity contribution in [3.63, 3.8) is 0 Å². The molecular weight excluding hydrogens is 270 g/mol. The topological polar surface area (TPSA) is 46.5 Å². The Morgan fingerprint density at radius 1 is 0.950 bits per heavy atom. The van der Waals surface area contributed by atoms with Gasteiger partial charge in [-0.1, -0.05) is 47.5 Å². The van der Waals surface area contributed by atoms with Gasteiger partial charge < -0.3 is 0 Å². The molecule has 0 aromatic heterocycles. The summed E-state index contributed by atoms with van der Waals surface area (Å²) in [6.07, 6.45) is 0. The molecule has 0 atom stereocenters. The molecule has 2 rings (SSSR count). The van der Waals surface area contributed by atoms with Gasteiger partial charge in [-0.3, -0.25) is 0 Å². The van der Waals surface area contributed by atoms with Gasteiger partial charge in [-0.05, 0) is 38.5 Å². The molecule has 20 heavy (non-hydrogen) atoms. The summed E-state index contributed by atoms with van der Waals surface area (Å²) in [5.74, 6) is 0. The van der Waals surface area contributed by atoms with Crippen LogP contribution in [0.1, 0.15) is 23.6 Å². The maximum Gasteiger partial charge on any atom is 0.282 e. The van der Waals surface area contributed by atoms with Gasteiger partial charge in [-0.25, -0.2) is 0 Å².